The number of rotatable bonds is 6. The Balaban J connectivity index is 5.03. The minimum absolute atomic E-state index is 0.212. The monoisotopic (exact) mass is 256 g/mol. The lowest BCUT2D eigenvalue weighted by molar-refractivity contribution is -0.166. The zero-order valence-electron chi connectivity index (χ0n) is 11.9. The average molecular weight is 256 g/mol. The highest BCUT2D eigenvalue weighted by Gasteiger charge is 2.35. The van der Waals surface area contributed by atoms with E-state index < -0.39 is 29.4 Å². The maximum atomic E-state index is 12.1. The minimum atomic E-state index is -1.04. The molecule has 0 radical (unpaired) electrons. The van der Waals surface area contributed by atoms with Crippen molar-refractivity contribution >= 4 is 11.9 Å². The van der Waals surface area contributed by atoms with Crippen LogP contribution in [-0.4, -0.2) is 22.6 Å². The first-order valence-electron chi connectivity index (χ1n) is 6.16. The van der Waals surface area contributed by atoms with Crippen molar-refractivity contribution in [3.63, 3.8) is 0 Å². The highest BCUT2D eigenvalue weighted by Crippen LogP contribution is 2.25. The lowest BCUT2D eigenvalue weighted by Crippen LogP contribution is -2.35. The summed E-state index contributed by atoms with van der Waals surface area (Å²) >= 11 is 0. The van der Waals surface area contributed by atoms with Gasteiger partial charge in [-0.1, -0.05) is 19.9 Å². The minimum Gasteiger partial charge on any atom is -0.481 e. The van der Waals surface area contributed by atoms with Gasteiger partial charge in [-0.05, 0) is 33.1 Å². The van der Waals surface area contributed by atoms with Crippen LogP contribution in [0.2, 0.25) is 0 Å². The molecule has 0 aromatic carbocycles. The fourth-order valence-electron chi connectivity index (χ4n) is 1.71. The number of carboxylic acids is 1. The smallest absolute Gasteiger partial charge is 0.311 e. The molecule has 0 heterocycles. The molecular formula is C14H24O4. The summed E-state index contributed by atoms with van der Waals surface area (Å²) in [6, 6.07) is 0. The average Bonchev–Trinajstić information content (AvgIpc) is 2.13. The van der Waals surface area contributed by atoms with Crippen LogP contribution >= 0.6 is 0 Å². The zero-order chi connectivity index (χ0) is 14.5. The van der Waals surface area contributed by atoms with Gasteiger partial charge in [-0.3, -0.25) is 9.59 Å². The molecule has 0 aromatic heterocycles. The number of hydrogen-bond acceptors (Lipinski definition) is 3. The summed E-state index contributed by atoms with van der Waals surface area (Å²) in [7, 11) is 0. The number of aliphatic carboxylic acids is 1. The van der Waals surface area contributed by atoms with Crippen molar-refractivity contribution in [1.29, 1.82) is 0 Å². The first kappa shape index (κ1) is 16.7. The number of ether oxygens (including phenoxy) is 1. The molecule has 0 bridgehead atoms. The summed E-state index contributed by atoms with van der Waals surface area (Å²) in [5.74, 6) is -2.88. The third-order valence-corrected chi connectivity index (χ3v) is 2.41. The molecule has 0 spiro atoms. The molecule has 18 heavy (non-hydrogen) atoms. The first-order chi connectivity index (χ1) is 8.08. The van der Waals surface area contributed by atoms with Crippen LogP contribution in [-0.2, 0) is 14.3 Å². The Hall–Kier alpha value is -1.32. The molecule has 0 aliphatic rings. The predicted octanol–water partition coefficient (Wildman–Crippen LogP) is 2.88. The number of hydrogen-bond donors (Lipinski definition) is 1. The van der Waals surface area contributed by atoms with Gasteiger partial charge in [0.25, 0.3) is 0 Å². The molecule has 2 atom stereocenters. The fraction of sp³-hybridized carbons (Fsp3) is 0.714. The molecule has 0 saturated carbocycles. The van der Waals surface area contributed by atoms with E-state index in [1.54, 1.807) is 20.8 Å². The summed E-state index contributed by atoms with van der Waals surface area (Å²) in [6.45, 7) is 12.7. The van der Waals surface area contributed by atoms with Crippen molar-refractivity contribution in [1.82, 2.24) is 0 Å². The topological polar surface area (TPSA) is 63.6 Å². The van der Waals surface area contributed by atoms with Gasteiger partial charge in [-0.25, -0.2) is 0 Å². The van der Waals surface area contributed by atoms with E-state index in [2.05, 4.69) is 6.58 Å². The van der Waals surface area contributed by atoms with Crippen molar-refractivity contribution in [2.45, 2.75) is 46.6 Å². The lowest BCUT2D eigenvalue weighted by Gasteiger charge is -2.27. The molecule has 0 rings (SSSR count). The van der Waals surface area contributed by atoms with Crippen LogP contribution in [0, 0.1) is 17.8 Å². The lowest BCUT2D eigenvalue weighted by atomic mass is 9.85. The van der Waals surface area contributed by atoms with Crippen LogP contribution in [0.15, 0.2) is 12.7 Å². The summed E-state index contributed by atoms with van der Waals surface area (Å²) in [4.78, 5) is 23.2. The molecule has 0 fully saturated rings. The maximum absolute atomic E-state index is 12.1. The van der Waals surface area contributed by atoms with Gasteiger partial charge in [0.15, 0.2) is 0 Å². The Kier molecular flexibility index (Phi) is 6.09. The number of carbonyl (C=O) groups is 2. The first-order valence-corrected chi connectivity index (χ1v) is 6.16. The molecule has 0 aromatic rings. The number of carboxylic acid groups (broad SMARTS) is 1. The van der Waals surface area contributed by atoms with Crippen LogP contribution in [0.5, 0.6) is 0 Å². The van der Waals surface area contributed by atoms with Gasteiger partial charge in [0.2, 0.25) is 0 Å². The van der Waals surface area contributed by atoms with Gasteiger partial charge >= 0.3 is 11.9 Å². The molecule has 0 aliphatic carbocycles. The molecule has 2 unspecified atom stereocenters. The number of carbonyl (C=O) groups excluding carboxylic acids is 1. The Labute approximate surface area is 109 Å². The second-order valence-electron chi connectivity index (χ2n) is 5.87. The molecule has 1 N–H and O–H groups in total. The highest BCUT2D eigenvalue weighted by atomic mass is 16.6. The van der Waals surface area contributed by atoms with Crippen LogP contribution in [0.4, 0.5) is 0 Å². The molecule has 4 heteroatoms. The molecule has 0 aliphatic heterocycles. The van der Waals surface area contributed by atoms with Gasteiger partial charge in [-0.15, -0.1) is 6.58 Å². The summed E-state index contributed by atoms with van der Waals surface area (Å²) in [5.41, 5.74) is -0.615. The Bertz CT molecular complexity index is 312. The molecular weight excluding hydrogens is 232 g/mol. The Morgan fingerprint density at radius 3 is 2.11 bits per heavy atom. The van der Waals surface area contributed by atoms with Crippen molar-refractivity contribution in [3.05, 3.63) is 12.7 Å². The van der Waals surface area contributed by atoms with Crippen molar-refractivity contribution in [2.24, 2.45) is 17.8 Å². The largest absolute Gasteiger partial charge is 0.481 e. The molecule has 0 amide bonds. The van der Waals surface area contributed by atoms with E-state index in [1.807, 2.05) is 13.8 Å². The zero-order valence-corrected chi connectivity index (χ0v) is 11.9. The van der Waals surface area contributed by atoms with Crippen LogP contribution in [0.25, 0.3) is 0 Å². The van der Waals surface area contributed by atoms with E-state index in [4.69, 9.17) is 9.84 Å². The fourth-order valence-corrected chi connectivity index (χ4v) is 1.71. The van der Waals surface area contributed by atoms with E-state index in [9.17, 15) is 9.59 Å². The summed E-state index contributed by atoms with van der Waals surface area (Å²) < 4.78 is 5.28. The van der Waals surface area contributed by atoms with E-state index >= 15 is 0 Å². The van der Waals surface area contributed by atoms with E-state index in [1.165, 1.54) is 6.08 Å². The van der Waals surface area contributed by atoms with E-state index in [0.717, 1.165) is 0 Å². The van der Waals surface area contributed by atoms with Gasteiger partial charge in [0.1, 0.15) is 5.60 Å². The second kappa shape index (κ2) is 6.57. The normalized spacial score (nSPS) is 15.0. The SMILES string of the molecule is C=CC(C(=O)O)C(CC(C)C)C(=O)OC(C)(C)C. The highest BCUT2D eigenvalue weighted by molar-refractivity contribution is 5.82. The van der Waals surface area contributed by atoms with Crippen molar-refractivity contribution < 1.29 is 19.4 Å². The standard InChI is InChI=1S/C14H24O4/c1-7-10(12(15)16)11(8-9(2)3)13(17)18-14(4,5)6/h7,9-11H,1,8H2,2-6H3,(H,15,16). The van der Waals surface area contributed by atoms with Crippen molar-refractivity contribution in [2.75, 3.05) is 0 Å². The molecule has 4 nitrogen and oxygen atoms in total. The maximum Gasteiger partial charge on any atom is 0.311 e. The third kappa shape index (κ3) is 5.84. The van der Waals surface area contributed by atoms with Gasteiger partial charge in [0, 0.05) is 0 Å². The van der Waals surface area contributed by atoms with Crippen LogP contribution in [0.3, 0.4) is 0 Å². The molecule has 104 valence electrons. The quantitative estimate of drug-likeness (QED) is 0.586. The number of esters is 1. The Morgan fingerprint density at radius 2 is 1.83 bits per heavy atom. The van der Waals surface area contributed by atoms with Gasteiger partial charge in [0.05, 0.1) is 11.8 Å². The van der Waals surface area contributed by atoms with Gasteiger partial charge < -0.3 is 9.84 Å². The van der Waals surface area contributed by atoms with Crippen LogP contribution < -0.4 is 0 Å². The van der Waals surface area contributed by atoms with Crippen LogP contribution in [0.1, 0.15) is 41.0 Å². The molecule has 0 saturated heterocycles. The Morgan fingerprint density at radius 1 is 1.33 bits per heavy atom. The summed E-state index contributed by atoms with van der Waals surface area (Å²) in [6.07, 6.45) is 1.78. The van der Waals surface area contributed by atoms with E-state index in [0.29, 0.717) is 6.42 Å². The summed E-state index contributed by atoms with van der Waals surface area (Å²) in [5, 5.41) is 9.12. The second-order valence-corrected chi connectivity index (χ2v) is 5.87. The predicted molar refractivity (Wildman–Crippen MR) is 70.1 cm³/mol. The van der Waals surface area contributed by atoms with Crippen molar-refractivity contribution in [3.8, 4) is 0 Å². The third-order valence-electron chi connectivity index (χ3n) is 2.41. The van der Waals surface area contributed by atoms with Gasteiger partial charge in [-0.2, -0.15) is 0 Å². The van der Waals surface area contributed by atoms with E-state index in [-0.39, 0.29) is 5.92 Å².